The summed E-state index contributed by atoms with van der Waals surface area (Å²) in [6, 6.07) is 22.1. The highest BCUT2D eigenvalue weighted by Gasteiger charge is 2.18. The van der Waals surface area contributed by atoms with E-state index in [-0.39, 0.29) is 18.2 Å². The van der Waals surface area contributed by atoms with Crippen LogP contribution in [0.3, 0.4) is 0 Å². The predicted octanol–water partition coefficient (Wildman–Crippen LogP) is 5.25. The number of hydrogen-bond acceptors (Lipinski definition) is 4. The van der Waals surface area contributed by atoms with E-state index in [2.05, 4.69) is 33.5 Å². The summed E-state index contributed by atoms with van der Waals surface area (Å²) in [7, 11) is 0. The lowest BCUT2D eigenvalue weighted by atomic mass is 10.1. The molecule has 40 heavy (non-hydrogen) atoms. The van der Waals surface area contributed by atoms with Crippen LogP contribution in [0, 0.1) is 0 Å². The normalized spacial score (nSPS) is 12.5. The summed E-state index contributed by atoms with van der Waals surface area (Å²) in [4.78, 5) is 25.4. The maximum Gasteiger partial charge on any atom is 0.261 e. The minimum atomic E-state index is -2.58. The number of aryl methyl sites for hydroxylation is 2. The lowest BCUT2D eigenvalue weighted by Crippen LogP contribution is -2.47. The first-order valence-electron chi connectivity index (χ1n) is 13.0. The fourth-order valence-electron chi connectivity index (χ4n) is 4.44. The zero-order valence-corrected chi connectivity index (χ0v) is 24.7. The second kappa shape index (κ2) is 13.6. The highest BCUT2D eigenvalue weighted by molar-refractivity contribution is 9.10. The molecule has 4 aromatic rings. The maximum absolute atomic E-state index is 12.7. The van der Waals surface area contributed by atoms with E-state index in [0.717, 1.165) is 38.1 Å². The molecular formula is C30H31BrN4O4S. The average Bonchev–Trinajstić information content (AvgIpc) is 2.92. The fraction of sp³-hybridized carbons (Fsp3) is 0.233. The van der Waals surface area contributed by atoms with E-state index in [9.17, 15) is 18.4 Å². The molecule has 3 aromatic carbocycles. The van der Waals surface area contributed by atoms with Gasteiger partial charge >= 0.3 is 0 Å². The number of amides is 2. The second-order valence-electron chi connectivity index (χ2n) is 9.45. The summed E-state index contributed by atoms with van der Waals surface area (Å²) in [6.45, 7) is 4.53. The number of rotatable bonds is 11. The molecule has 2 unspecified atom stereocenters. The number of fused-ring (bicyclic) bond motifs is 1. The lowest BCUT2D eigenvalue weighted by molar-refractivity contribution is -0.697. The summed E-state index contributed by atoms with van der Waals surface area (Å²) in [6.07, 6.45) is 4.60. The van der Waals surface area contributed by atoms with Gasteiger partial charge < -0.3 is 15.2 Å². The Morgan fingerprint density at radius 1 is 1.02 bits per heavy atom. The Balaban J connectivity index is 1.32. The highest BCUT2D eigenvalue weighted by atomic mass is 79.9. The van der Waals surface area contributed by atoms with Crippen molar-refractivity contribution in [2.45, 2.75) is 45.8 Å². The van der Waals surface area contributed by atoms with E-state index in [4.69, 9.17) is 0 Å². The number of anilines is 2. The fourth-order valence-corrected chi connectivity index (χ4v) is 5.55. The maximum atomic E-state index is 12.7. The Bertz CT molecular complexity index is 1530. The summed E-state index contributed by atoms with van der Waals surface area (Å²) < 4.78 is 28.0. The van der Waals surface area contributed by atoms with Crippen molar-refractivity contribution in [3.8, 4) is 0 Å². The minimum absolute atomic E-state index is 0.183. The Morgan fingerprint density at radius 2 is 1.75 bits per heavy atom. The van der Waals surface area contributed by atoms with Crippen molar-refractivity contribution in [1.29, 1.82) is 0 Å². The largest absolute Gasteiger partial charge is 0.755 e. The quantitative estimate of drug-likeness (QED) is 0.135. The first-order valence-corrected chi connectivity index (χ1v) is 14.8. The molecule has 4 rings (SSSR count). The van der Waals surface area contributed by atoms with Crippen LogP contribution in [0.1, 0.15) is 42.6 Å². The third kappa shape index (κ3) is 7.74. The summed E-state index contributed by atoms with van der Waals surface area (Å²) in [5.74, 6) is -0.477. The number of aromatic nitrogens is 1. The van der Waals surface area contributed by atoms with E-state index in [0.29, 0.717) is 23.4 Å². The topological polar surface area (TPSA) is 105 Å². The van der Waals surface area contributed by atoms with Gasteiger partial charge in [0.1, 0.15) is 18.3 Å². The summed E-state index contributed by atoms with van der Waals surface area (Å²) >= 11 is 0.879. The van der Waals surface area contributed by atoms with E-state index < -0.39 is 17.4 Å². The number of nitrogens with zero attached hydrogens (tertiary/aromatic N) is 2. The van der Waals surface area contributed by atoms with Gasteiger partial charge in [0.15, 0.2) is 12.4 Å². The van der Waals surface area contributed by atoms with E-state index in [1.165, 1.54) is 0 Å². The van der Waals surface area contributed by atoms with E-state index in [1.54, 1.807) is 37.3 Å². The number of carbonyl (C=O) groups is 2. The third-order valence-corrected chi connectivity index (χ3v) is 7.64. The van der Waals surface area contributed by atoms with Crippen LogP contribution in [0.5, 0.6) is 0 Å². The smallest absolute Gasteiger partial charge is 0.261 e. The highest BCUT2D eigenvalue weighted by Crippen LogP contribution is 2.24. The van der Waals surface area contributed by atoms with Crippen molar-refractivity contribution in [3.05, 3.63) is 101 Å². The van der Waals surface area contributed by atoms with Crippen LogP contribution in [0.15, 0.2) is 89.7 Å². The average molecular weight is 624 g/mol. The van der Waals surface area contributed by atoms with Crippen LogP contribution in [0.4, 0.5) is 11.4 Å². The molecule has 0 radical (unpaired) electrons. The molecular weight excluding hydrogens is 592 g/mol. The molecule has 1 heterocycles. The van der Waals surface area contributed by atoms with Gasteiger partial charge in [0.05, 0.1) is 10.2 Å². The predicted molar refractivity (Wildman–Crippen MR) is 160 cm³/mol. The molecule has 0 aliphatic carbocycles. The molecule has 1 aromatic heterocycles. The molecule has 8 nitrogen and oxygen atoms in total. The molecule has 0 saturated heterocycles. The van der Waals surface area contributed by atoms with Crippen LogP contribution in [-0.2, 0) is 29.0 Å². The molecule has 0 aliphatic rings. The Labute approximate surface area is 245 Å². The van der Waals surface area contributed by atoms with Gasteiger partial charge in [0.2, 0.25) is 5.91 Å². The summed E-state index contributed by atoms with van der Waals surface area (Å²) in [5, 5.41) is 7.60. The van der Waals surface area contributed by atoms with Crippen molar-refractivity contribution in [2.24, 2.45) is 0 Å². The molecule has 0 fully saturated rings. The first-order chi connectivity index (χ1) is 19.2. The van der Waals surface area contributed by atoms with Gasteiger partial charge in [-0.05, 0) is 75.9 Å². The van der Waals surface area contributed by atoms with Gasteiger partial charge in [-0.2, -0.15) is 0 Å². The second-order valence-corrected chi connectivity index (χ2v) is 11.2. The van der Waals surface area contributed by atoms with Crippen molar-refractivity contribution in [3.63, 3.8) is 0 Å². The molecule has 0 bridgehead atoms. The van der Waals surface area contributed by atoms with Gasteiger partial charge in [-0.25, -0.2) is 4.57 Å². The minimum Gasteiger partial charge on any atom is -0.755 e. The van der Waals surface area contributed by atoms with Crippen molar-refractivity contribution < 1.29 is 22.9 Å². The zero-order chi connectivity index (χ0) is 28.6. The van der Waals surface area contributed by atoms with Crippen molar-refractivity contribution >= 4 is 61.2 Å². The van der Waals surface area contributed by atoms with Crippen LogP contribution in [0.25, 0.3) is 10.8 Å². The van der Waals surface area contributed by atoms with Gasteiger partial charge in [-0.3, -0.25) is 18.1 Å². The van der Waals surface area contributed by atoms with Gasteiger partial charge in [-0.15, -0.1) is 0 Å². The first kappa shape index (κ1) is 29.4. The SMILES string of the molecule is CCC[n+]1cc(Br)cc(C(=O)Nc2ccc(CCC(=O)NC(C)N(c3ccc4ccccc4c3)S(=O)[O-])cc2)c1. The van der Waals surface area contributed by atoms with Gasteiger partial charge in [0, 0.05) is 29.8 Å². The Kier molecular flexibility index (Phi) is 10.0. The zero-order valence-electron chi connectivity index (χ0n) is 22.3. The van der Waals surface area contributed by atoms with Crippen molar-refractivity contribution in [2.75, 3.05) is 9.62 Å². The Hall–Kier alpha value is -3.60. The number of hydrogen-bond donors (Lipinski definition) is 2. The van der Waals surface area contributed by atoms with Gasteiger partial charge in [0.25, 0.3) is 5.91 Å². The standard InChI is InChI=1S/C30H31BrN4O4S/c1-3-16-34-19-25(17-26(31)20-34)30(37)33-27-12-8-22(9-13-27)10-15-29(36)32-21(2)35(40(38)39)28-14-11-23-6-4-5-7-24(23)18-28/h4-9,11-14,17-21H,3,10,15-16H2,1-2H3,(H2-,32,33,36,37,38,39). The van der Waals surface area contributed by atoms with Crippen LogP contribution in [0.2, 0.25) is 0 Å². The molecule has 2 atom stereocenters. The van der Waals surface area contributed by atoms with Crippen LogP contribution >= 0.6 is 15.9 Å². The lowest BCUT2D eigenvalue weighted by Gasteiger charge is -2.33. The third-order valence-electron chi connectivity index (χ3n) is 6.35. The molecule has 208 valence electrons. The molecule has 2 N–H and O–H groups in total. The number of pyridine rings is 1. The Morgan fingerprint density at radius 3 is 2.45 bits per heavy atom. The van der Waals surface area contributed by atoms with E-state index in [1.807, 2.05) is 59.4 Å². The van der Waals surface area contributed by atoms with Crippen LogP contribution < -0.4 is 19.5 Å². The molecule has 0 spiro atoms. The molecule has 0 aliphatic heterocycles. The van der Waals surface area contributed by atoms with Crippen LogP contribution in [-0.4, -0.2) is 26.7 Å². The molecule has 10 heteroatoms. The van der Waals surface area contributed by atoms with E-state index >= 15 is 0 Å². The number of benzene rings is 3. The molecule has 0 saturated carbocycles. The van der Waals surface area contributed by atoms with Crippen molar-refractivity contribution in [1.82, 2.24) is 5.32 Å². The number of carbonyl (C=O) groups excluding carboxylic acids is 2. The molecule has 2 amide bonds. The number of halogens is 1. The monoisotopic (exact) mass is 622 g/mol. The summed E-state index contributed by atoms with van der Waals surface area (Å²) in [5.41, 5.74) is 2.59. The van der Waals surface area contributed by atoms with Gasteiger partial charge in [-0.1, -0.05) is 49.4 Å². The number of nitrogens with one attached hydrogen (secondary N) is 2.